The summed E-state index contributed by atoms with van der Waals surface area (Å²) in [5.41, 5.74) is 0.880. The number of benzene rings is 1. The molecule has 0 saturated carbocycles. The molecular weight excluding hydrogens is 280 g/mol. The molecule has 0 amide bonds. The summed E-state index contributed by atoms with van der Waals surface area (Å²) in [5, 5.41) is 1.41. The van der Waals surface area contributed by atoms with Crippen LogP contribution in [0.4, 0.5) is 0 Å². The Morgan fingerprint density at radius 1 is 1.00 bits per heavy atom. The van der Waals surface area contributed by atoms with Crippen LogP contribution in [0, 0.1) is 6.92 Å². The quantitative estimate of drug-likeness (QED) is 0.714. The maximum absolute atomic E-state index is 5.88. The third-order valence-electron chi connectivity index (χ3n) is 2.08. The number of halogens is 3. The van der Waals surface area contributed by atoms with Crippen molar-refractivity contribution in [2.24, 2.45) is 0 Å². The van der Waals surface area contributed by atoms with Gasteiger partial charge in [-0.05, 0) is 25.1 Å². The second-order valence-electron chi connectivity index (χ2n) is 3.48. The van der Waals surface area contributed by atoms with Gasteiger partial charge in [-0.15, -0.1) is 0 Å². The van der Waals surface area contributed by atoms with E-state index in [1.54, 1.807) is 30.5 Å². The Kier molecular flexibility index (Phi) is 3.77. The first kappa shape index (κ1) is 12.5. The van der Waals surface area contributed by atoms with Crippen molar-refractivity contribution in [1.82, 2.24) is 4.98 Å². The zero-order valence-electron chi connectivity index (χ0n) is 8.88. The van der Waals surface area contributed by atoms with E-state index in [1.165, 1.54) is 0 Å². The zero-order chi connectivity index (χ0) is 12.4. The van der Waals surface area contributed by atoms with Gasteiger partial charge in [0.1, 0.15) is 16.7 Å². The Labute approximate surface area is 114 Å². The smallest absolute Gasteiger partial charge is 0.134 e. The molecule has 0 aliphatic rings. The lowest BCUT2D eigenvalue weighted by atomic mass is 10.3. The molecule has 1 heterocycles. The standard InChI is InChI=1S/C12H8Cl3NO/c1-7-6-16-12(15)5-11(7)17-10-3-8(13)2-9(14)4-10/h2-6H,1H3. The highest BCUT2D eigenvalue weighted by atomic mass is 35.5. The number of aromatic nitrogens is 1. The summed E-state index contributed by atoms with van der Waals surface area (Å²) in [5.74, 6) is 1.19. The average Bonchev–Trinajstić information content (AvgIpc) is 2.22. The molecule has 0 N–H and O–H groups in total. The van der Waals surface area contributed by atoms with Gasteiger partial charge in [0.15, 0.2) is 0 Å². The van der Waals surface area contributed by atoms with Crippen LogP contribution in [0.3, 0.4) is 0 Å². The lowest BCUT2D eigenvalue weighted by Gasteiger charge is -2.09. The Morgan fingerprint density at radius 2 is 1.65 bits per heavy atom. The van der Waals surface area contributed by atoms with Gasteiger partial charge in [-0.1, -0.05) is 34.8 Å². The van der Waals surface area contributed by atoms with E-state index >= 15 is 0 Å². The van der Waals surface area contributed by atoms with Crippen LogP contribution in [0.15, 0.2) is 30.5 Å². The zero-order valence-corrected chi connectivity index (χ0v) is 11.1. The van der Waals surface area contributed by atoms with Gasteiger partial charge in [-0.25, -0.2) is 4.98 Å². The lowest BCUT2D eigenvalue weighted by Crippen LogP contribution is -1.89. The van der Waals surface area contributed by atoms with Crippen LogP contribution in [0.1, 0.15) is 5.56 Å². The molecule has 2 nitrogen and oxygen atoms in total. The van der Waals surface area contributed by atoms with Gasteiger partial charge in [0, 0.05) is 27.9 Å². The molecule has 0 aliphatic heterocycles. The van der Waals surface area contributed by atoms with Crippen molar-refractivity contribution in [2.45, 2.75) is 6.92 Å². The molecule has 1 aromatic carbocycles. The second kappa shape index (κ2) is 5.13. The van der Waals surface area contributed by atoms with Crippen LogP contribution >= 0.6 is 34.8 Å². The summed E-state index contributed by atoms with van der Waals surface area (Å²) in [6.07, 6.45) is 1.64. The molecule has 2 aromatic rings. The molecule has 2 rings (SSSR count). The summed E-state index contributed by atoms with van der Waals surface area (Å²) in [6, 6.07) is 6.65. The summed E-state index contributed by atoms with van der Waals surface area (Å²) in [7, 11) is 0. The SMILES string of the molecule is Cc1cnc(Cl)cc1Oc1cc(Cl)cc(Cl)c1. The molecule has 0 atom stereocenters. The van der Waals surface area contributed by atoms with Crippen molar-refractivity contribution in [1.29, 1.82) is 0 Å². The van der Waals surface area contributed by atoms with Gasteiger partial charge < -0.3 is 4.74 Å². The Morgan fingerprint density at radius 3 is 2.29 bits per heavy atom. The van der Waals surface area contributed by atoms with Crippen LogP contribution in [-0.2, 0) is 0 Å². The maximum atomic E-state index is 5.88. The number of ether oxygens (including phenoxy) is 1. The van der Waals surface area contributed by atoms with E-state index in [0.717, 1.165) is 5.56 Å². The first-order valence-electron chi connectivity index (χ1n) is 4.81. The van der Waals surface area contributed by atoms with E-state index in [2.05, 4.69) is 4.98 Å². The van der Waals surface area contributed by atoms with Gasteiger partial charge in [0.05, 0.1) is 0 Å². The Bertz CT molecular complexity index is 537. The highest BCUT2D eigenvalue weighted by Crippen LogP contribution is 2.30. The number of hydrogen-bond acceptors (Lipinski definition) is 2. The van der Waals surface area contributed by atoms with Gasteiger partial charge in [-0.3, -0.25) is 0 Å². The van der Waals surface area contributed by atoms with E-state index < -0.39 is 0 Å². The van der Waals surface area contributed by atoms with Crippen LogP contribution in [0.25, 0.3) is 0 Å². The van der Waals surface area contributed by atoms with Gasteiger partial charge in [0.25, 0.3) is 0 Å². The van der Waals surface area contributed by atoms with E-state index in [4.69, 9.17) is 39.5 Å². The maximum Gasteiger partial charge on any atom is 0.134 e. The monoisotopic (exact) mass is 287 g/mol. The van der Waals surface area contributed by atoms with Crippen molar-refractivity contribution in [2.75, 3.05) is 0 Å². The highest BCUT2D eigenvalue weighted by molar-refractivity contribution is 6.34. The molecule has 0 saturated heterocycles. The van der Waals surface area contributed by atoms with Crippen molar-refractivity contribution < 1.29 is 4.74 Å². The minimum absolute atomic E-state index is 0.374. The number of rotatable bonds is 2. The van der Waals surface area contributed by atoms with E-state index in [0.29, 0.717) is 26.7 Å². The van der Waals surface area contributed by atoms with E-state index in [1.807, 2.05) is 6.92 Å². The summed E-state index contributed by atoms with van der Waals surface area (Å²) >= 11 is 17.6. The molecule has 0 aliphatic carbocycles. The van der Waals surface area contributed by atoms with Gasteiger partial charge >= 0.3 is 0 Å². The predicted octanol–water partition coefficient (Wildman–Crippen LogP) is 5.14. The fourth-order valence-electron chi connectivity index (χ4n) is 1.31. The minimum Gasteiger partial charge on any atom is -0.457 e. The van der Waals surface area contributed by atoms with Gasteiger partial charge in [-0.2, -0.15) is 0 Å². The molecule has 88 valence electrons. The highest BCUT2D eigenvalue weighted by Gasteiger charge is 2.05. The molecular formula is C12H8Cl3NO. The topological polar surface area (TPSA) is 22.1 Å². The minimum atomic E-state index is 0.374. The number of aryl methyl sites for hydroxylation is 1. The third-order valence-corrected chi connectivity index (χ3v) is 2.73. The van der Waals surface area contributed by atoms with Crippen molar-refractivity contribution in [3.63, 3.8) is 0 Å². The Balaban J connectivity index is 2.34. The fourth-order valence-corrected chi connectivity index (χ4v) is 1.96. The number of hydrogen-bond donors (Lipinski definition) is 0. The van der Waals surface area contributed by atoms with Crippen LogP contribution in [-0.4, -0.2) is 4.98 Å². The fraction of sp³-hybridized carbons (Fsp3) is 0.0833. The largest absolute Gasteiger partial charge is 0.457 e. The third kappa shape index (κ3) is 3.25. The van der Waals surface area contributed by atoms with Crippen LogP contribution in [0.2, 0.25) is 15.2 Å². The van der Waals surface area contributed by atoms with E-state index in [-0.39, 0.29) is 0 Å². The van der Waals surface area contributed by atoms with Crippen LogP contribution < -0.4 is 4.74 Å². The predicted molar refractivity (Wildman–Crippen MR) is 70.5 cm³/mol. The molecule has 0 radical (unpaired) electrons. The molecule has 1 aromatic heterocycles. The summed E-state index contributed by atoms with van der Waals surface area (Å²) in [6.45, 7) is 1.88. The molecule has 17 heavy (non-hydrogen) atoms. The first-order chi connectivity index (χ1) is 8.04. The first-order valence-corrected chi connectivity index (χ1v) is 5.94. The molecule has 0 unspecified atom stereocenters. The average molecular weight is 289 g/mol. The summed E-state index contributed by atoms with van der Waals surface area (Å²) < 4.78 is 5.66. The number of nitrogens with zero attached hydrogens (tertiary/aromatic N) is 1. The van der Waals surface area contributed by atoms with Gasteiger partial charge in [0.2, 0.25) is 0 Å². The molecule has 0 bridgehead atoms. The van der Waals surface area contributed by atoms with E-state index in [9.17, 15) is 0 Å². The molecule has 0 fully saturated rings. The normalized spacial score (nSPS) is 10.4. The number of pyridine rings is 1. The second-order valence-corrected chi connectivity index (χ2v) is 4.74. The lowest BCUT2D eigenvalue weighted by molar-refractivity contribution is 0.478. The Hall–Kier alpha value is -0.960. The molecule has 5 heteroatoms. The van der Waals surface area contributed by atoms with Crippen molar-refractivity contribution in [3.8, 4) is 11.5 Å². The van der Waals surface area contributed by atoms with Crippen molar-refractivity contribution in [3.05, 3.63) is 51.2 Å². The summed E-state index contributed by atoms with van der Waals surface area (Å²) in [4.78, 5) is 3.95. The molecule has 0 spiro atoms. The van der Waals surface area contributed by atoms with Crippen LogP contribution in [0.5, 0.6) is 11.5 Å². The van der Waals surface area contributed by atoms with Crippen molar-refractivity contribution >= 4 is 34.8 Å².